The van der Waals surface area contributed by atoms with Gasteiger partial charge < -0.3 is 10.2 Å². The number of nitriles is 1. The molecule has 0 radical (unpaired) electrons. The highest BCUT2D eigenvalue weighted by Crippen LogP contribution is 2.39. The molecule has 0 atom stereocenters. The summed E-state index contributed by atoms with van der Waals surface area (Å²) in [4.78, 5) is 7.16. The molecule has 0 bridgehead atoms. The molecule has 4 aromatic heterocycles. The highest BCUT2D eigenvalue weighted by atomic mass is 35.6. The molecule has 11 heteroatoms. The Bertz CT molecular complexity index is 1350. The number of nitrogens with zero attached hydrogens (tertiary/aromatic N) is 7. The molecule has 34 heavy (non-hydrogen) atoms. The van der Waals surface area contributed by atoms with Gasteiger partial charge in [-0.05, 0) is 31.0 Å². The Morgan fingerprint density at radius 2 is 1.91 bits per heavy atom. The van der Waals surface area contributed by atoms with E-state index in [0.29, 0.717) is 11.1 Å². The second-order valence-corrected chi connectivity index (χ2v) is 9.07. The third-order valence-electron chi connectivity index (χ3n) is 6.38. The van der Waals surface area contributed by atoms with Gasteiger partial charge in [-0.1, -0.05) is 0 Å². The predicted octanol–water partition coefficient (Wildman–Crippen LogP) is 3.92. The standard InChI is InChI=1S/C23H22N8.Cl2O/c1-29-13-19(12-27-29)17-8-20(22-18(9-24)11-28-31(22)14-17)16-2-3-21(25-10-16)30-7-6-26-23(15-30)4-5-23;1-3-2/h2-3,8,10-14,26H,4-7,15H2,1H3;. The van der Waals surface area contributed by atoms with E-state index in [2.05, 4.69) is 72.3 Å². The second-order valence-electron chi connectivity index (χ2n) is 8.60. The molecule has 9 nitrogen and oxygen atoms in total. The summed E-state index contributed by atoms with van der Waals surface area (Å²) >= 11 is 8.53. The molecular weight excluding hydrogens is 475 g/mol. The zero-order valence-electron chi connectivity index (χ0n) is 18.4. The van der Waals surface area contributed by atoms with E-state index in [1.807, 2.05) is 31.8 Å². The van der Waals surface area contributed by atoms with Crippen LogP contribution in [0.15, 0.2) is 49.2 Å². The van der Waals surface area contributed by atoms with Gasteiger partial charge in [-0.3, -0.25) is 4.68 Å². The van der Waals surface area contributed by atoms with E-state index in [9.17, 15) is 5.26 Å². The Morgan fingerprint density at radius 3 is 2.56 bits per heavy atom. The topological polar surface area (TPSA) is 96.3 Å². The number of piperazine rings is 1. The zero-order chi connectivity index (χ0) is 23.7. The first-order valence-corrected chi connectivity index (χ1v) is 11.4. The van der Waals surface area contributed by atoms with E-state index in [4.69, 9.17) is 4.98 Å². The maximum Gasteiger partial charge on any atom is 0.128 e. The maximum absolute atomic E-state index is 9.61. The Morgan fingerprint density at radius 1 is 1.09 bits per heavy atom. The lowest BCUT2D eigenvalue weighted by Gasteiger charge is -2.34. The largest absolute Gasteiger partial charge is 0.353 e. The number of hydrogen-bond donors (Lipinski definition) is 1. The molecule has 1 spiro atoms. The molecule has 1 saturated heterocycles. The van der Waals surface area contributed by atoms with E-state index in [-0.39, 0.29) is 0 Å². The van der Waals surface area contributed by atoms with Crippen LogP contribution in [0.3, 0.4) is 0 Å². The Labute approximate surface area is 206 Å². The van der Waals surface area contributed by atoms with Crippen LogP contribution in [0, 0.1) is 11.3 Å². The summed E-state index contributed by atoms with van der Waals surface area (Å²) in [5, 5.41) is 22.0. The predicted molar refractivity (Wildman–Crippen MR) is 130 cm³/mol. The van der Waals surface area contributed by atoms with Gasteiger partial charge in [0.1, 0.15) is 11.9 Å². The summed E-state index contributed by atoms with van der Waals surface area (Å²) in [6, 6.07) is 8.55. The van der Waals surface area contributed by atoms with Gasteiger partial charge in [-0.25, -0.2) is 9.50 Å². The van der Waals surface area contributed by atoms with Gasteiger partial charge in [0, 0.05) is 73.1 Å². The molecule has 0 amide bonds. The summed E-state index contributed by atoms with van der Waals surface area (Å²) in [5.74, 6) is 1.00. The average molecular weight is 497 g/mol. The molecule has 1 saturated carbocycles. The number of aryl methyl sites for hydroxylation is 1. The number of hydrogen-bond acceptors (Lipinski definition) is 7. The van der Waals surface area contributed by atoms with Crippen molar-refractivity contribution < 1.29 is 3.84 Å². The van der Waals surface area contributed by atoms with Gasteiger partial charge in [0.2, 0.25) is 0 Å². The van der Waals surface area contributed by atoms with Crippen molar-refractivity contribution in [3.63, 3.8) is 0 Å². The van der Waals surface area contributed by atoms with Gasteiger partial charge in [0.25, 0.3) is 0 Å². The number of aromatic nitrogens is 5. The number of fused-ring (bicyclic) bond motifs is 1. The fraction of sp³-hybridized carbons (Fsp3) is 0.304. The summed E-state index contributed by atoms with van der Waals surface area (Å²) in [7, 11) is 1.90. The minimum Gasteiger partial charge on any atom is -0.353 e. The minimum absolute atomic E-state index is 0.308. The maximum atomic E-state index is 9.61. The smallest absolute Gasteiger partial charge is 0.128 e. The summed E-state index contributed by atoms with van der Waals surface area (Å²) < 4.78 is 6.75. The first-order chi connectivity index (χ1) is 16.6. The zero-order valence-corrected chi connectivity index (χ0v) is 20.0. The molecule has 6 rings (SSSR count). The normalized spacial score (nSPS) is 16.2. The van der Waals surface area contributed by atoms with Crippen LogP contribution in [0.4, 0.5) is 5.82 Å². The van der Waals surface area contributed by atoms with Crippen molar-refractivity contribution in [1.82, 2.24) is 29.7 Å². The van der Waals surface area contributed by atoms with Crippen molar-refractivity contribution in [1.29, 1.82) is 5.26 Å². The van der Waals surface area contributed by atoms with Crippen molar-refractivity contribution in [3.8, 4) is 28.3 Å². The lowest BCUT2D eigenvalue weighted by atomic mass is 10.0. The molecule has 2 aliphatic rings. The molecule has 1 aliphatic carbocycles. The number of halogens is 2. The van der Waals surface area contributed by atoms with Crippen LogP contribution < -0.4 is 10.2 Å². The van der Waals surface area contributed by atoms with Gasteiger partial charge in [-0.15, -0.1) is 0 Å². The quantitative estimate of drug-likeness (QED) is 0.458. The molecule has 2 fully saturated rings. The third-order valence-corrected chi connectivity index (χ3v) is 6.38. The molecule has 0 aromatic carbocycles. The Hall–Kier alpha value is -3.16. The summed E-state index contributed by atoms with van der Waals surface area (Å²) in [6.45, 7) is 2.98. The van der Waals surface area contributed by atoms with Crippen molar-refractivity contribution in [3.05, 3.63) is 54.7 Å². The fourth-order valence-corrected chi connectivity index (χ4v) is 4.52. The molecule has 4 aromatic rings. The highest BCUT2D eigenvalue weighted by Gasteiger charge is 2.45. The van der Waals surface area contributed by atoms with E-state index >= 15 is 0 Å². The van der Waals surface area contributed by atoms with Gasteiger partial charge in [-0.2, -0.15) is 19.3 Å². The SMILES string of the molecule is ClOCl.Cn1cc(-c2cc(-c3ccc(N4CCNC5(CC5)C4)nc3)c3c(C#N)cnn3c2)cn1. The van der Waals surface area contributed by atoms with Gasteiger partial charge >= 0.3 is 0 Å². The van der Waals surface area contributed by atoms with Crippen LogP contribution >= 0.6 is 23.7 Å². The van der Waals surface area contributed by atoms with Crippen molar-refractivity contribution >= 4 is 35.1 Å². The molecule has 1 aliphatic heterocycles. The van der Waals surface area contributed by atoms with Crippen LogP contribution in [0.1, 0.15) is 18.4 Å². The van der Waals surface area contributed by atoms with Crippen LogP contribution in [0.2, 0.25) is 0 Å². The van der Waals surface area contributed by atoms with E-state index in [1.165, 1.54) is 12.8 Å². The molecule has 5 heterocycles. The minimum atomic E-state index is 0.308. The lowest BCUT2D eigenvalue weighted by Crippen LogP contribution is -2.52. The highest BCUT2D eigenvalue weighted by molar-refractivity contribution is 6.24. The fourth-order valence-electron chi connectivity index (χ4n) is 4.52. The number of rotatable bonds is 3. The first kappa shape index (κ1) is 22.6. The number of anilines is 1. The second kappa shape index (κ2) is 9.24. The molecule has 0 unspecified atom stereocenters. The van der Waals surface area contributed by atoms with Gasteiger partial charge in [0.05, 0.1) is 47.2 Å². The average Bonchev–Trinajstić information content (AvgIpc) is 3.25. The first-order valence-electron chi connectivity index (χ1n) is 10.8. The third kappa shape index (κ3) is 4.33. The molecular formula is C23H22Cl2N8O. The van der Waals surface area contributed by atoms with Crippen molar-refractivity contribution in [2.75, 3.05) is 24.5 Å². The molecule has 1 N–H and O–H groups in total. The monoisotopic (exact) mass is 496 g/mol. The van der Waals surface area contributed by atoms with Crippen LogP contribution in [0.5, 0.6) is 0 Å². The van der Waals surface area contributed by atoms with E-state index in [1.54, 1.807) is 15.4 Å². The Balaban J connectivity index is 0.000000764. The van der Waals surface area contributed by atoms with Crippen molar-refractivity contribution in [2.24, 2.45) is 7.05 Å². The van der Waals surface area contributed by atoms with Gasteiger partial charge in [0.15, 0.2) is 0 Å². The van der Waals surface area contributed by atoms with Crippen LogP contribution in [-0.4, -0.2) is 49.6 Å². The lowest BCUT2D eigenvalue weighted by molar-refractivity contribution is 0.440. The van der Waals surface area contributed by atoms with Crippen molar-refractivity contribution in [2.45, 2.75) is 18.4 Å². The van der Waals surface area contributed by atoms with E-state index < -0.39 is 0 Å². The Kier molecular flexibility index (Phi) is 6.15. The summed E-state index contributed by atoms with van der Waals surface area (Å²) in [6.07, 6.45) is 11.8. The van der Waals surface area contributed by atoms with Crippen LogP contribution in [-0.2, 0) is 10.9 Å². The molecule has 174 valence electrons. The summed E-state index contributed by atoms with van der Waals surface area (Å²) in [5.41, 5.74) is 5.55. The number of pyridine rings is 2. The van der Waals surface area contributed by atoms with Crippen LogP contribution in [0.25, 0.3) is 27.8 Å². The number of nitrogens with one attached hydrogen (secondary N) is 1. The van der Waals surface area contributed by atoms with E-state index in [0.717, 1.165) is 53.2 Å².